The Balaban J connectivity index is 1.62. The third-order valence-corrected chi connectivity index (χ3v) is 5.55. The summed E-state index contributed by atoms with van der Waals surface area (Å²) in [6, 6.07) is 11.3. The maximum absolute atomic E-state index is 12.8. The number of benzene rings is 1. The lowest BCUT2D eigenvalue weighted by Crippen LogP contribution is -2.24. The van der Waals surface area contributed by atoms with Crippen LogP contribution in [0.15, 0.2) is 58.4 Å². The van der Waals surface area contributed by atoms with Gasteiger partial charge in [-0.1, -0.05) is 18.2 Å². The van der Waals surface area contributed by atoms with E-state index in [-0.39, 0.29) is 5.91 Å². The molecule has 0 radical (unpaired) electrons. The molecule has 0 bridgehead atoms. The predicted molar refractivity (Wildman–Crippen MR) is 111 cm³/mol. The van der Waals surface area contributed by atoms with Gasteiger partial charge in [-0.25, -0.2) is 9.97 Å². The fourth-order valence-corrected chi connectivity index (χ4v) is 4.04. The average Bonchev–Trinajstić information content (AvgIpc) is 3.25. The quantitative estimate of drug-likeness (QED) is 0.401. The van der Waals surface area contributed by atoms with Crippen LogP contribution in [-0.4, -0.2) is 36.2 Å². The largest absolute Gasteiger partial charge is 0.475 e. The van der Waals surface area contributed by atoms with Gasteiger partial charge in [0.05, 0.1) is 23.4 Å². The Kier molecular flexibility index (Phi) is 7.83. The molecule has 1 amide bonds. The minimum absolute atomic E-state index is 0.131. The van der Waals surface area contributed by atoms with E-state index in [4.69, 9.17) is 9.47 Å². The molecular formula is C20H21N3O3S2. The number of carbonyl (C=O) groups is 1. The van der Waals surface area contributed by atoms with Gasteiger partial charge in [0.25, 0.3) is 5.91 Å². The van der Waals surface area contributed by atoms with Crippen LogP contribution in [0.5, 0.6) is 5.88 Å². The van der Waals surface area contributed by atoms with Gasteiger partial charge >= 0.3 is 0 Å². The van der Waals surface area contributed by atoms with Crippen molar-refractivity contribution in [2.45, 2.75) is 17.2 Å². The van der Waals surface area contributed by atoms with Crippen LogP contribution in [0.3, 0.4) is 0 Å². The zero-order valence-corrected chi connectivity index (χ0v) is 17.1. The molecule has 0 saturated heterocycles. The Morgan fingerprint density at radius 2 is 2.07 bits per heavy atom. The van der Waals surface area contributed by atoms with E-state index >= 15 is 0 Å². The van der Waals surface area contributed by atoms with Crippen LogP contribution < -0.4 is 10.1 Å². The fourth-order valence-electron chi connectivity index (χ4n) is 2.42. The monoisotopic (exact) mass is 415 g/mol. The molecular weight excluding hydrogens is 394 g/mol. The first-order valence-electron chi connectivity index (χ1n) is 8.70. The lowest BCUT2D eigenvalue weighted by Gasteiger charge is -2.12. The number of hydrogen-bond acceptors (Lipinski definition) is 7. The lowest BCUT2D eigenvalue weighted by atomic mass is 10.2. The second kappa shape index (κ2) is 10.8. The van der Waals surface area contributed by atoms with Gasteiger partial charge < -0.3 is 14.8 Å². The molecule has 6 nitrogen and oxygen atoms in total. The van der Waals surface area contributed by atoms with Gasteiger partial charge in [-0.15, -0.1) is 23.1 Å². The van der Waals surface area contributed by atoms with Crippen molar-refractivity contribution in [2.24, 2.45) is 0 Å². The van der Waals surface area contributed by atoms with E-state index in [1.165, 1.54) is 0 Å². The zero-order chi connectivity index (χ0) is 19.6. The number of aromatic nitrogens is 2. The number of nitrogens with zero attached hydrogens (tertiary/aromatic N) is 2. The number of hydrogen-bond donors (Lipinski definition) is 1. The van der Waals surface area contributed by atoms with Crippen LogP contribution in [0, 0.1) is 0 Å². The zero-order valence-electron chi connectivity index (χ0n) is 15.5. The summed E-state index contributed by atoms with van der Waals surface area (Å²) in [5, 5.41) is 4.98. The number of carbonyl (C=O) groups excluding carboxylic acids is 1. The molecule has 2 heterocycles. The number of pyridine rings is 1. The highest BCUT2D eigenvalue weighted by Gasteiger charge is 2.13. The van der Waals surface area contributed by atoms with Crippen molar-refractivity contribution in [1.82, 2.24) is 15.3 Å². The molecule has 0 aliphatic carbocycles. The van der Waals surface area contributed by atoms with Gasteiger partial charge in [0, 0.05) is 41.4 Å². The number of nitrogens with one attached hydrogen (secondary N) is 1. The topological polar surface area (TPSA) is 73.3 Å². The third-order valence-electron chi connectivity index (χ3n) is 3.81. The predicted octanol–water partition coefficient (Wildman–Crippen LogP) is 3.79. The summed E-state index contributed by atoms with van der Waals surface area (Å²) in [7, 11) is 1.62. The normalized spacial score (nSPS) is 10.6. The molecule has 1 aromatic carbocycles. The summed E-state index contributed by atoms with van der Waals surface area (Å²) in [5.41, 5.74) is 4.29. The number of rotatable bonds is 10. The molecule has 0 atom stereocenters. The maximum atomic E-state index is 12.8. The van der Waals surface area contributed by atoms with Crippen molar-refractivity contribution in [3.05, 3.63) is 70.3 Å². The number of thioether (sulfide) groups is 1. The van der Waals surface area contributed by atoms with E-state index in [9.17, 15) is 4.79 Å². The van der Waals surface area contributed by atoms with Crippen molar-refractivity contribution in [2.75, 3.05) is 20.3 Å². The van der Waals surface area contributed by atoms with Gasteiger partial charge in [0.15, 0.2) is 0 Å². The molecule has 3 aromatic rings. The van der Waals surface area contributed by atoms with Crippen LogP contribution in [0.2, 0.25) is 0 Å². The minimum Gasteiger partial charge on any atom is -0.475 e. The van der Waals surface area contributed by atoms with E-state index in [1.54, 1.807) is 36.4 Å². The molecule has 0 aliphatic heterocycles. The highest BCUT2D eigenvalue weighted by atomic mass is 32.2. The maximum Gasteiger partial charge on any atom is 0.252 e. The van der Waals surface area contributed by atoms with Crippen LogP contribution in [0.25, 0.3) is 0 Å². The Morgan fingerprint density at radius 1 is 1.18 bits per heavy atom. The smallest absolute Gasteiger partial charge is 0.252 e. The Labute approximate surface area is 172 Å². The van der Waals surface area contributed by atoms with Gasteiger partial charge in [0.2, 0.25) is 5.88 Å². The van der Waals surface area contributed by atoms with Crippen molar-refractivity contribution in [3.63, 3.8) is 0 Å². The average molecular weight is 416 g/mol. The van der Waals surface area contributed by atoms with Crippen LogP contribution in [0.4, 0.5) is 0 Å². The summed E-state index contributed by atoms with van der Waals surface area (Å²) in [6.07, 6.45) is 1.66. The molecule has 0 saturated carbocycles. The SMILES string of the molecule is COCCOc1ncccc1CNC(=O)c1ccccc1SCc1cscn1. The van der Waals surface area contributed by atoms with E-state index in [0.29, 0.717) is 31.2 Å². The van der Waals surface area contributed by atoms with Gasteiger partial charge in [-0.3, -0.25) is 4.79 Å². The Morgan fingerprint density at radius 3 is 2.89 bits per heavy atom. The molecule has 28 heavy (non-hydrogen) atoms. The van der Waals surface area contributed by atoms with Crippen molar-refractivity contribution in [3.8, 4) is 5.88 Å². The molecule has 1 N–H and O–H groups in total. The molecule has 0 spiro atoms. The molecule has 0 fully saturated rings. The summed E-state index contributed by atoms with van der Waals surface area (Å²) >= 11 is 3.17. The van der Waals surface area contributed by atoms with Gasteiger partial charge in [-0.2, -0.15) is 0 Å². The molecule has 0 unspecified atom stereocenters. The first-order chi connectivity index (χ1) is 13.8. The first kappa shape index (κ1) is 20.3. The second-order valence-electron chi connectivity index (χ2n) is 5.76. The van der Waals surface area contributed by atoms with Crippen LogP contribution in [-0.2, 0) is 17.0 Å². The highest BCUT2D eigenvalue weighted by molar-refractivity contribution is 7.98. The van der Waals surface area contributed by atoms with Crippen molar-refractivity contribution in [1.29, 1.82) is 0 Å². The molecule has 146 valence electrons. The minimum atomic E-state index is -0.131. The van der Waals surface area contributed by atoms with Crippen LogP contribution in [0.1, 0.15) is 21.6 Å². The van der Waals surface area contributed by atoms with Crippen molar-refractivity contribution < 1.29 is 14.3 Å². The van der Waals surface area contributed by atoms with E-state index in [2.05, 4.69) is 15.3 Å². The molecule has 8 heteroatoms. The fraction of sp³-hybridized carbons (Fsp3) is 0.250. The van der Waals surface area contributed by atoms with Crippen LogP contribution >= 0.6 is 23.1 Å². The lowest BCUT2D eigenvalue weighted by molar-refractivity contribution is 0.0947. The van der Waals surface area contributed by atoms with Crippen molar-refractivity contribution >= 4 is 29.0 Å². The standard InChI is InChI=1S/C20H21N3O3S2/c1-25-9-10-26-20-15(5-4-8-21-20)11-22-19(24)17-6-2-3-7-18(17)28-13-16-12-27-14-23-16/h2-8,12,14H,9-11,13H2,1H3,(H,22,24). The van der Waals surface area contributed by atoms with E-state index in [1.807, 2.05) is 47.3 Å². The molecule has 3 rings (SSSR count). The molecule has 2 aromatic heterocycles. The number of methoxy groups -OCH3 is 1. The summed E-state index contributed by atoms with van der Waals surface area (Å²) in [6.45, 7) is 1.22. The van der Waals surface area contributed by atoms with Gasteiger partial charge in [0.1, 0.15) is 6.61 Å². The highest BCUT2D eigenvalue weighted by Crippen LogP contribution is 2.26. The van der Waals surface area contributed by atoms with Gasteiger partial charge in [-0.05, 0) is 18.2 Å². The third kappa shape index (κ3) is 5.79. The van der Waals surface area contributed by atoms with E-state index < -0.39 is 0 Å². The number of ether oxygens (including phenoxy) is 2. The summed E-state index contributed by atoms with van der Waals surface area (Å²) in [5.74, 6) is 1.10. The molecule has 0 aliphatic rings. The van der Waals surface area contributed by atoms with E-state index in [0.717, 1.165) is 21.9 Å². The first-order valence-corrected chi connectivity index (χ1v) is 10.6. The number of thiazole rings is 1. The Hall–Kier alpha value is -2.42. The summed E-state index contributed by atoms with van der Waals surface area (Å²) in [4.78, 5) is 22.2. The number of amides is 1. The summed E-state index contributed by atoms with van der Waals surface area (Å²) < 4.78 is 10.6. The Bertz CT molecular complexity index is 888. The second-order valence-corrected chi connectivity index (χ2v) is 7.49.